The molecule has 0 spiro atoms. The van der Waals surface area contributed by atoms with E-state index in [1.54, 1.807) is 0 Å². The Balaban J connectivity index is 2.63. The van der Waals surface area contributed by atoms with E-state index in [0.29, 0.717) is 6.04 Å². The summed E-state index contributed by atoms with van der Waals surface area (Å²) in [5.41, 5.74) is 6.91. The molecule has 0 aliphatic heterocycles. The van der Waals surface area contributed by atoms with E-state index >= 15 is 0 Å². The van der Waals surface area contributed by atoms with Gasteiger partial charge in [0, 0.05) is 12.6 Å². The van der Waals surface area contributed by atoms with Crippen LogP contribution in [0.5, 0.6) is 0 Å². The summed E-state index contributed by atoms with van der Waals surface area (Å²) in [6.07, 6.45) is 1.04. The minimum atomic E-state index is 0.457. The van der Waals surface area contributed by atoms with Crippen molar-refractivity contribution >= 4 is 0 Å². The van der Waals surface area contributed by atoms with E-state index in [-0.39, 0.29) is 0 Å². The fraction of sp³-hybridized carbons (Fsp3) is 0.600. The summed E-state index contributed by atoms with van der Waals surface area (Å²) in [7, 11) is 0. The van der Waals surface area contributed by atoms with E-state index in [4.69, 9.17) is 5.73 Å². The SMILES string of the molecule is CCN(CC)C(CNCCCN)c1ccccc1. The number of benzene rings is 1. The minimum absolute atomic E-state index is 0.457. The van der Waals surface area contributed by atoms with Crippen molar-refractivity contribution in [3.63, 3.8) is 0 Å². The normalized spacial score (nSPS) is 12.9. The monoisotopic (exact) mass is 249 g/mol. The predicted octanol–water partition coefficient (Wildman–Crippen LogP) is 2.01. The van der Waals surface area contributed by atoms with E-state index < -0.39 is 0 Å². The van der Waals surface area contributed by atoms with Crippen LogP contribution in [-0.2, 0) is 0 Å². The highest BCUT2D eigenvalue weighted by molar-refractivity contribution is 5.19. The van der Waals surface area contributed by atoms with E-state index in [1.807, 2.05) is 0 Å². The van der Waals surface area contributed by atoms with Gasteiger partial charge in [-0.1, -0.05) is 44.2 Å². The van der Waals surface area contributed by atoms with Gasteiger partial charge in [-0.25, -0.2) is 0 Å². The molecule has 0 saturated heterocycles. The van der Waals surface area contributed by atoms with E-state index in [2.05, 4.69) is 54.4 Å². The number of likely N-dealkylation sites (N-methyl/N-ethyl adjacent to an activating group) is 1. The molecule has 0 amide bonds. The second kappa shape index (κ2) is 9.09. The maximum atomic E-state index is 5.52. The lowest BCUT2D eigenvalue weighted by Gasteiger charge is -2.30. The maximum Gasteiger partial charge on any atom is 0.0472 e. The van der Waals surface area contributed by atoms with Crippen molar-refractivity contribution < 1.29 is 0 Å². The molecule has 0 aromatic heterocycles. The number of rotatable bonds is 9. The average molecular weight is 249 g/mol. The van der Waals surface area contributed by atoms with Crippen LogP contribution in [-0.4, -0.2) is 37.6 Å². The number of nitrogens with two attached hydrogens (primary N) is 1. The van der Waals surface area contributed by atoms with Gasteiger partial charge in [0.15, 0.2) is 0 Å². The highest BCUT2D eigenvalue weighted by atomic mass is 15.2. The number of hydrogen-bond donors (Lipinski definition) is 2. The minimum Gasteiger partial charge on any atom is -0.330 e. The van der Waals surface area contributed by atoms with Crippen molar-refractivity contribution in [2.24, 2.45) is 5.73 Å². The Morgan fingerprint density at radius 2 is 1.83 bits per heavy atom. The lowest BCUT2D eigenvalue weighted by molar-refractivity contribution is 0.213. The lowest BCUT2D eigenvalue weighted by Crippen LogP contribution is -2.36. The molecular weight excluding hydrogens is 222 g/mol. The van der Waals surface area contributed by atoms with Gasteiger partial charge in [-0.3, -0.25) is 4.90 Å². The first-order valence-electron chi connectivity index (χ1n) is 7.03. The first-order valence-corrected chi connectivity index (χ1v) is 7.03. The van der Waals surface area contributed by atoms with E-state index in [0.717, 1.165) is 39.1 Å². The topological polar surface area (TPSA) is 41.3 Å². The molecule has 0 saturated carbocycles. The van der Waals surface area contributed by atoms with Crippen LogP contribution < -0.4 is 11.1 Å². The third-order valence-corrected chi connectivity index (χ3v) is 3.33. The lowest BCUT2D eigenvalue weighted by atomic mass is 10.1. The Labute approximate surface area is 111 Å². The van der Waals surface area contributed by atoms with Crippen LogP contribution in [0.1, 0.15) is 31.9 Å². The van der Waals surface area contributed by atoms with E-state index in [1.165, 1.54) is 5.56 Å². The third kappa shape index (κ3) is 4.77. The molecule has 1 aromatic carbocycles. The third-order valence-electron chi connectivity index (χ3n) is 3.33. The van der Waals surface area contributed by atoms with Gasteiger partial charge in [-0.2, -0.15) is 0 Å². The molecule has 0 heterocycles. The van der Waals surface area contributed by atoms with Gasteiger partial charge in [0.2, 0.25) is 0 Å². The van der Waals surface area contributed by atoms with Crippen molar-refractivity contribution in [1.82, 2.24) is 10.2 Å². The quantitative estimate of drug-likeness (QED) is 0.658. The van der Waals surface area contributed by atoms with Crippen LogP contribution in [0.2, 0.25) is 0 Å². The summed E-state index contributed by atoms with van der Waals surface area (Å²) in [5.74, 6) is 0. The maximum absolute atomic E-state index is 5.52. The van der Waals surface area contributed by atoms with Gasteiger partial charge in [0.05, 0.1) is 0 Å². The largest absolute Gasteiger partial charge is 0.330 e. The summed E-state index contributed by atoms with van der Waals surface area (Å²) in [6, 6.07) is 11.2. The van der Waals surface area contributed by atoms with Gasteiger partial charge < -0.3 is 11.1 Å². The summed E-state index contributed by atoms with van der Waals surface area (Å²) in [5, 5.41) is 3.51. The van der Waals surface area contributed by atoms with Crippen LogP contribution in [0.4, 0.5) is 0 Å². The molecule has 0 fully saturated rings. The highest BCUT2D eigenvalue weighted by Crippen LogP contribution is 2.19. The van der Waals surface area contributed by atoms with E-state index in [9.17, 15) is 0 Å². The van der Waals surface area contributed by atoms with Crippen molar-refractivity contribution in [2.75, 3.05) is 32.7 Å². The molecule has 0 aliphatic rings. The Kier molecular flexibility index (Phi) is 7.65. The molecule has 0 bridgehead atoms. The summed E-state index contributed by atoms with van der Waals surface area (Å²) in [4.78, 5) is 2.49. The second-order valence-corrected chi connectivity index (χ2v) is 4.49. The van der Waals surface area contributed by atoms with Crippen molar-refractivity contribution in [3.8, 4) is 0 Å². The number of hydrogen-bond acceptors (Lipinski definition) is 3. The Morgan fingerprint density at radius 1 is 1.17 bits per heavy atom. The molecule has 1 atom stereocenters. The molecule has 0 aliphatic carbocycles. The molecule has 1 rings (SSSR count). The zero-order valence-corrected chi connectivity index (χ0v) is 11.7. The summed E-state index contributed by atoms with van der Waals surface area (Å²) < 4.78 is 0. The standard InChI is InChI=1S/C15H27N3/c1-3-18(4-2)15(13-17-12-8-11-16)14-9-6-5-7-10-14/h5-7,9-10,15,17H,3-4,8,11-13,16H2,1-2H3. The molecule has 3 nitrogen and oxygen atoms in total. The van der Waals surface area contributed by atoms with Crippen LogP contribution >= 0.6 is 0 Å². The average Bonchev–Trinajstić information content (AvgIpc) is 2.43. The highest BCUT2D eigenvalue weighted by Gasteiger charge is 2.16. The molecule has 1 unspecified atom stereocenters. The number of nitrogens with zero attached hydrogens (tertiary/aromatic N) is 1. The summed E-state index contributed by atoms with van der Waals surface area (Å²) in [6.45, 7) is 9.35. The van der Waals surface area contributed by atoms with Gasteiger partial charge in [-0.15, -0.1) is 0 Å². The Hall–Kier alpha value is -0.900. The first kappa shape index (κ1) is 15.2. The zero-order valence-electron chi connectivity index (χ0n) is 11.7. The first-order chi connectivity index (χ1) is 8.83. The van der Waals surface area contributed by atoms with Crippen LogP contribution in [0.25, 0.3) is 0 Å². The Morgan fingerprint density at radius 3 is 2.39 bits per heavy atom. The Bertz CT molecular complexity index is 296. The molecule has 1 aromatic rings. The zero-order chi connectivity index (χ0) is 13.2. The fourth-order valence-corrected chi connectivity index (χ4v) is 2.26. The molecule has 3 N–H and O–H groups in total. The molecular formula is C15H27N3. The fourth-order valence-electron chi connectivity index (χ4n) is 2.26. The van der Waals surface area contributed by atoms with Gasteiger partial charge in [0.1, 0.15) is 0 Å². The van der Waals surface area contributed by atoms with Crippen LogP contribution in [0.15, 0.2) is 30.3 Å². The predicted molar refractivity (Wildman–Crippen MR) is 78.6 cm³/mol. The smallest absolute Gasteiger partial charge is 0.0472 e. The summed E-state index contributed by atoms with van der Waals surface area (Å²) >= 11 is 0. The van der Waals surface area contributed by atoms with Crippen LogP contribution in [0, 0.1) is 0 Å². The van der Waals surface area contributed by atoms with Gasteiger partial charge in [-0.05, 0) is 38.2 Å². The van der Waals surface area contributed by atoms with Crippen molar-refractivity contribution in [3.05, 3.63) is 35.9 Å². The van der Waals surface area contributed by atoms with Crippen molar-refractivity contribution in [1.29, 1.82) is 0 Å². The molecule has 102 valence electrons. The second-order valence-electron chi connectivity index (χ2n) is 4.49. The molecule has 3 heteroatoms. The van der Waals surface area contributed by atoms with Crippen molar-refractivity contribution in [2.45, 2.75) is 26.3 Å². The molecule has 18 heavy (non-hydrogen) atoms. The van der Waals surface area contributed by atoms with Crippen LogP contribution in [0.3, 0.4) is 0 Å². The number of nitrogens with one attached hydrogen (secondary N) is 1. The van der Waals surface area contributed by atoms with Gasteiger partial charge in [0.25, 0.3) is 0 Å². The molecule has 0 radical (unpaired) electrons. The van der Waals surface area contributed by atoms with Gasteiger partial charge >= 0.3 is 0 Å².